The zero-order valence-corrected chi connectivity index (χ0v) is 6.87. The molecule has 0 N–H and O–H groups in total. The van der Waals surface area contributed by atoms with Gasteiger partial charge in [-0.25, -0.2) is 5.11 Å². The standard InChI is InChI=1S/C8H9O4/c1-11-6-3-5(9)4-7(12-2)8(6)10/h3-4,8H,1-2H3. The van der Waals surface area contributed by atoms with Gasteiger partial charge in [0.25, 0.3) is 0 Å². The van der Waals surface area contributed by atoms with E-state index in [1.807, 2.05) is 0 Å². The molecule has 0 bridgehead atoms. The second-order valence-electron chi connectivity index (χ2n) is 2.28. The molecule has 0 amide bonds. The molecule has 0 unspecified atom stereocenters. The average Bonchev–Trinajstić information content (AvgIpc) is 2.08. The number of allylic oxidation sites excluding steroid dienone is 2. The lowest BCUT2D eigenvalue weighted by Gasteiger charge is -2.16. The van der Waals surface area contributed by atoms with E-state index >= 15 is 0 Å². The summed E-state index contributed by atoms with van der Waals surface area (Å²) in [6, 6.07) is 0. The van der Waals surface area contributed by atoms with Crippen molar-refractivity contribution in [1.82, 2.24) is 0 Å². The molecule has 4 nitrogen and oxygen atoms in total. The molecule has 0 aliphatic heterocycles. The van der Waals surface area contributed by atoms with Crippen molar-refractivity contribution in [2.75, 3.05) is 14.2 Å². The van der Waals surface area contributed by atoms with E-state index in [-0.39, 0.29) is 17.3 Å². The summed E-state index contributed by atoms with van der Waals surface area (Å²) in [4.78, 5) is 10.9. The third kappa shape index (κ3) is 1.48. The predicted octanol–water partition coefficient (Wildman–Crippen LogP) is 0.429. The zero-order valence-electron chi connectivity index (χ0n) is 6.87. The van der Waals surface area contributed by atoms with Gasteiger partial charge in [0.15, 0.2) is 5.78 Å². The second-order valence-corrected chi connectivity index (χ2v) is 2.28. The van der Waals surface area contributed by atoms with E-state index in [2.05, 4.69) is 0 Å². The molecular formula is C8H9O4. The van der Waals surface area contributed by atoms with Crippen LogP contribution >= 0.6 is 0 Å². The number of ketones is 1. The molecule has 0 saturated carbocycles. The molecule has 0 aromatic heterocycles. The minimum Gasteiger partial charge on any atom is -0.498 e. The van der Waals surface area contributed by atoms with Crippen molar-refractivity contribution in [1.29, 1.82) is 0 Å². The van der Waals surface area contributed by atoms with Gasteiger partial charge in [0.05, 0.1) is 14.2 Å². The molecule has 1 aliphatic carbocycles. The fourth-order valence-corrected chi connectivity index (χ4v) is 0.946. The molecule has 0 saturated heterocycles. The molecular weight excluding hydrogens is 160 g/mol. The molecule has 0 heterocycles. The van der Waals surface area contributed by atoms with Crippen molar-refractivity contribution in [2.45, 2.75) is 6.10 Å². The third-order valence-corrected chi connectivity index (χ3v) is 1.56. The summed E-state index contributed by atoms with van der Waals surface area (Å²) < 4.78 is 9.43. The Balaban J connectivity index is 2.89. The van der Waals surface area contributed by atoms with Crippen molar-refractivity contribution < 1.29 is 19.4 Å². The molecule has 4 heteroatoms. The highest BCUT2D eigenvalue weighted by Crippen LogP contribution is 2.18. The van der Waals surface area contributed by atoms with Gasteiger partial charge < -0.3 is 9.47 Å². The summed E-state index contributed by atoms with van der Waals surface area (Å²) in [6.07, 6.45) is 1.12. The van der Waals surface area contributed by atoms with Crippen LogP contribution < -0.4 is 0 Å². The van der Waals surface area contributed by atoms with Gasteiger partial charge in [-0.05, 0) is 0 Å². The molecule has 12 heavy (non-hydrogen) atoms. The Bertz CT molecular complexity index is 228. The maximum absolute atomic E-state index is 11.3. The monoisotopic (exact) mass is 169 g/mol. The molecule has 0 aromatic rings. The van der Waals surface area contributed by atoms with Gasteiger partial charge in [-0.3, -0.25) is 4.79 Å². The number of carbonyl (C=O) groups is 1. The van der Waals surface area contributed by atoms with Crippen LogP contribution in [0.15, 0.2) is 23.7 Å². The summed E-state index contributed by atoms with van der Waals surface area (Å²) in [6.45, 7) is 0. The van der Waals surface area contributed by atoms with Crippen LogP contribution in [0.1, 0.15) is 0 Å². The van der Waals surface area contributed by atoms with E-state index < -0.39 is 6.10 Å². The van der Waals surface area contributed by atoms with E-state index in [1.165, 1.54) is 26.4 Å². The lowest BCUT2D eigenvalue weighted by Crippen LogP contribution is -2.20. The van der Waals surface area contributed by atoms with E-state index in [0.717, 1.165) is 0 Å². The maximum Gasteiger partial charge on any atom is 0.206 e. The van der Waals surface area contributed by atoms with Crippen molar-refractivity contribution >= 4 is 5.78 Å². The van der Waals surface area contributed by atoms with Crippen LogP contribution in [0.2, 0.25) is 0 Å². The third-order valence-electron chi connectivity index (χ3n) is 1.56. The van der Waals surface area contributed by atoms with E-state index in [0.29, 0.717) is 0 Å². The molecule has 0 atom stereocenters. The fourth-order valence-electron chi connectivity index (χ4n) is 0.946. The highest BCUT2D eigenvalue weighted by atomic mass is 16.5. The number of hydrogen-bond donors (Lipinski definition) is 0. The van der Waals surface area contributed by atoms with Gasteiger partial charge in [-0.1, -0.05) is 0 Å². The molecule has 0 spiro atoms. The van der Waals surface area contributed by atoms with Crippen LogP contribution in [0, 0.1) is 0 Å². The summed E-state index contributed by atoms with van der Waals surface area (Å²) in [5.41, 5.74) is 0. The Morgan fingerprint density at radius 2 is 1.58 bits per heavy atom. The van der Waals surface area contributed by atoms with Crippen LogP contribution in [0.5, 0.6) is 0 Å². The fraction of sp³-hybridized carbons (Fsp3) is 0.375. The molecule has 1 rings (SSSR count). The van der Waals surface area contributed by atoms with Crippen LogP contribution in [-0.2, 0) is 19.4 Å². The zero-order chi connectivity index (χ0) is 9.14. The quantitative estimate of drug-likeness (QED) is 0.602. The van der Waals surface area contributed by atoms with Crippen LogP contribution in [-0.4, -0.2) is 26.1 Å². The highest BCUT2D eigenvalue weighted by Gasteiger charge is 2.25. The summed E-state index contributed by atoms with van der Waals surface area (Å²) in [5, 5.41) is 11.3. The summed E-state index contributed by atoms with van der Waals surface area (Å²) in [5.74, 6) is -0.0884. The number of hydrogen-bond acceptors (Lipinski definition) is 3. The van der Waals surface area contributed by atoms with Gasteiger partial charge in [0.2, 0.25) is 6.10 Å². The first-order valence-electron chi connectivity index (χ1n) is 3.40. The van der Waals surface area contributed by atoms with Gasteiger partial charge in [-0.2, -0.15) is 0 Å². The maximum atomic E-state index is 11.3. The van der Waals surface area contributed by atoms with Crippen LogP contribution in [0.25, 0.3) is 0 Å². The topological polar surface area (TPSA) is 55.4 Å². The Morgan fingerprint density at radius 3 is 1.92 bits per heavy atom. The van der Waals surface area contributed by atoms with E-state index in [1.54, 1.807) is 0 Å². The van der Waals surface area contributed by atoms with E-state index in [9.17, 15) is 9.90 Å². The molecule has 1 radical (unpaired) electrons. The minimum atomic E-state index is -1.21. The SMILES string of the molecule is COC1=CC(=O)C=C(OC)C1[O]. The predicted molar refractivity (Wildman–Crippen MR) is 39.7 cm³/mol. The normalized spacial score (nSPS) is 18.4. The van der Waals surface area contributed by atoms with Crippen molar-refractivity contribution in [2.24, 2.45) is 0 Å². The van der Waals surface area contributed by atoms with E-state index in [4.69, 9.17) is 9.47 Å². The van der Waals surface area contributed by atoms with Crippen molar-refractivity contribution in [3.8, 4) is 0 Å². The first kappa shape index (κ1) is 8.80. The van der Waals surface area contributed by atoms with Crippen molar-refractivity contribution in [3.63, 3.8) is 0 Å². The summed E-state index contributed by atoms with van der Waals surface area (Å²) >= 11 is 0. The highest BCUT2D eigenvalue weighted by molar-refractivity contribution is 6.01. The van der Waals surface area contributed by atoms with Crippen LogP contribution in [0.3, 0.4) is 0 Å². The molecule has 0 fully saturated rings. The Morgan fingerprint density at radius 1 is 1.17 bits per heavy atom. The summed E-state index contributed by atoms with van der Waals surface area (Å²) in [7, 11) is 2.70. The number of methoxy groups -OCH3 is 2. The first-order valence-corrected chi connectivity index (χ1v) is 3.40. The number of carbonyl (C=O) groups excluding carboxylic acids is 1. The largest absolute Gasteiger partial charge is 0.498 e. The Labute approximate surface area is 70.1 Å². The number of rotatable bonds is 2. The average molecular weight is 169 g/mol. The number of ether oxygens (including phenoxy) is 2. The molecule has 65 valence electrons. The molecule has 1 aliphatic rings. The molecule has 0 aromatic carbocycles. The second kappa shape index (κ2) is 3.40. The first-order chi connectivity index (χ1) is 5.69. The Kier molecular flexibility index (Phi) is 2.50. The lowest BCUT2D eigenvalue weighted by molar-refractivity contribution is -0.111. The minimum absolute atomic E-state index is 0.0966. The van der Waals surface area contributed by atoms with Gasteiger partial charge in [0.1, 0.15) is 11.5 Å². The van der Waals surface area contributed by atoms with Gasteiger partial charge in [0, 0.05) is 12.2 Å². The Hall–Kier alpha value is -1.29. The van der Waals surface area contributed by atoms with Gasteiger partial charge >= 0.3 is 0 Å². The van der Waals surface area contributed by atoms with Gasteiger partial charge in [-0.15, -0.1) is 0 Å². The van der Waals surface area contributed by atoms with Crippen molar-refractivity contribution in [3.05, 3.63) is 23.7 Å². The lowest BCUT2D eigenvalue weighted by atomic mass is 10.1. The smallest absolute Gasteiger partial charge is 0.206 e. The van der Waals surface area contributed by atoms with Crippen LogP contribution in [0.4, 0.5) is 0 Å².